The van der Waals surface area contributed by atoms with Crippen LogP contribution in [0.25, 0.3) is 0 Å². The fourth-order valence-corrected chi connectivity index (χ4v) is 8.77. The highest BCUT2D eigenvalue weighted by Gasteiger charge is 2.35. The molecule has 4 aliphatic rings. The van der Waals surface area contributed by atoms with Gasteiger partial charge in [0.15, 0.2) is 9.84 Å². The molecule has 4 fully saturated rings. The Labute approximate surface area is 238 Å². The van der Waals surface area contributed by atoms with E-state index in [0.29, 0.717) is 37.3 Å². The zero-order chi connectivity index (χ0) is 28.4. The maximum atomic E-state index is 12.5. The average Bonchev–Trinajstić information content (AvgIpc) is 3.30. The smallest absolute Gasteiger partial charge is 0.239 e. The Hall–Kier alpha value is -1.19. The van der Waals surface area contributed by atoms with Crippen LogP contribution in [-0.2, 0) is 19.4 Å². The van der Waals surface area contributed by atoms with Crippen LogP contribution in [0.1, 0.15) is 97.3 Å². The van der Waals surface area contributed by atoms with Gasteiger partial charge in [0.1, 0.15) is 0 Å². The minimum atomic E-state index is -3.01. The van der Waals surface area contributed by atoms with E-state index in [1.54, 1.807) is 11.9 Å². The number of nitrogens with one attached hydrogen (secondary N) is 2. The molecule has 5 atom stereocenters. The van der Waals surface area contributed by atoms with Crippen molar-refractivity contribution in [1.29, 1.82) is 0 Å². The van der Waals surface area contributed by atoms with Crippen molar-refractivity contribution in [3.8, 4) is 0 Å². The topological polar surface area (TPSA) is 98.8 Å². The van der Waals surface area contributed by atoms with E-state index in [-0.39, 0.29) is 29.0 Å². The number of hydrogen-bond acceptors (Lipinski definition) is 6. The maximum Gasteiger partial charge on any atom is 0.239 e. The Kier molecular flexibility index (Phi) is 13.0. The number of likely N-dealkylation sites (tertiary alicyclic amines) is 2. The number of likely N-dealkylation sites (N-methyl/N-ethyl adjacent to an activating group) is 2. The average molecular weight is 569 g/mol. The van der Waals surface area contributed by atoms with Crippen molar-refractivity contribution in [3.63, 3.8) is 0 Å². The summed E-state index contributed by atoms with van der Waals surface area (Å²) in [5.41, 5.74) is 0. The Balaban J connectivity index is 0.000000216. The highest BCUT2D eigenvalue weighted by Crippen LogP contribution is 2.26. The molecule has 1 aliphatic carbocycles. The maximum absolute atomic E-state index is 12.5. The van der Waals surface area contributed by atoms with Gasteiger partial charge in [-0.25, -0.2) is 8.42 Å². The van der Waals surface area contributed by atoms with Crippen molar-refractivity contribution >= 4 is 21.7 Å². The van der Waals surface area contributed by atoms with Crippen LogP contribution in [0.5, 0.6) is 0 Å². The predicted octanol–water partition coefficient (Wildman–Crippen LogP) is 3.60. The third-order valence-corrected chi connectivity index (χ3v) is 11.7. The van der Waals surface area contributed by atoms with E-state index >= 15 is 0 Å². The van der Waals surface area contributed by atoms with Gasteiger partial charge in [-0.3, -0.25) is 9.59 Å². The van der Waals surface area contributed by atoms with E-state index in [2.05, 4.69) is 29.4 Å². The van der Waals surface area contributed by atoms with Gasteiger partial charge in [-0.1, -0.05) is 46.0 Å². The summed E-state index contributed by atoms with van der Waals surface area (Å²) in [5, 5.41) is 5.91. The number of carbonyl (C=O) groups is 2. The Morgan fingerprint density at radius 1 is 0.667 bits per heavy atom. The van der Waals surface area contributed by atoms with Crippen LogP contribution in [0.3, 0.4) is 0 Å². The zero-order valence-electron chi connectivity index (χ0n) is 25.1. The van der Waals surface area contributed by atoms with Crippen LogP contribution in [0.2, 0.25) is 0 Å². The van der Waals surface area contributed by atoms with Crippen molar-refractivity contribution in [2.24, 2.45) is 17.8 Å². The van der Waals surface area contributed by atoms with Crippen LogP contribution in [0.4, 0.5) is 0 Å². The second kappa shape index (κ2) is 15.7. The van der Waals surface area contributed by atoms with Gasteiger partial charge in [0, 0.05) is 26.2 Å². The molecule has 3 aliphatic heterocycles. The van der Waals surface area contributed by atoms with E-state index in [4.69, 9.17) is 0 Å². The van der Waals surface area contributed by atoms with E-state index in [0.717, 1.165) is 51.1 Å². The van der Waals surface area contributed by atoms with Crippen LogP contribution < -0.4 is 10.6 Å². The van der Waals surface area contributed by atoms with Crippen molar-refractivity contribution in [2.45, 2.75) is 115 Å². The molecule has 8 nitrogen and oxygen atoms in total. The van der Waals surface area contributed by atoms with Gasteiger partial charge in [0.05, 0.1) is 23.1 Å². The van der Waals surface area contributed by atoms with E-state index in [1.807, 2.05) is 7.05 Å². The Morgan fingerprint density at radius 2 is 1.15 bits per heavy atom. The summed E-state index contributed by atoms with van der Waals surface area (Å²) in [6.07, 6.45) is 14.6. The fraction of sp³-hybridized carbons (Fsp3) is 0.933. The molecule has 9 heteroatoms. The normalized spacial score (nSPS) is 33.0. The predicted molar refractivity (Wildman–Crippen MR) is 158 cm³/mol. The molecule has 0 spiro atoms. The van der Waals surface area contributed by atoms with Gasteiger partial charge in [0.2, 0.25) is 11.8 Å². The summed E-state index contributed by atoms with van der Waals surface area (Å²) in [6, 6.07) is -0.109. The van der Waals surface area contributed by atoms with Gasteiger partial charge >= 0.3 is 0 Å². The summed E-state index contributed by atoms with van der Waals surface area (Å²) < 4.78 is 24.3. The molecule has 0 bridgehead atoms. The van der Waals surface area contributed by atoms with E-state index in [1.165, 1.54) is 44.9 Å². The highest BCUT2D eigenvalue weighted by atomic mass is 32.2. The van der Waals surface area contributed by atoms with Gasteiger partial charge in [0.25, 0.3) is 0 Å². The van der Waals surface area contributed by atoms with Crippen LogP contribution in [-0.4, -0.2) is 93.4 Å². The molecular weight excluding hydrogens is 512 g/mol. The molecule has 1 saturated carbocycles. The molecule has 0 aromatic carbocycles. The number of amides is 2. The molecular formula is C30H56N4O4S. The second-order valence-electron chi connectivity index (χ2n) is 12.9. The number of sulfone groups is 1. The highest BCUT2D eigenvalue weighted by molar-refractivity contribution is 7.92. The largest absolute Gasteiger partial charge is 0.341 e. The molecule has 2 N–H and O–H groups in total. The van der Waals surface area contributed by atoms with Gasteiger partial charge in [-0.05, 0) is 83.2 Å². The molecule has 0 aromatic rings. The first-order valence-electron chi connectivity index (χ1n) is 15.8. The molecule has 0 radical (unpaired) electrons. The molecule has 0 aromatic heterocycles. The van der Waals surface area contributed by atoms with Crippen LogP contribution >= 0.6 is 0 Å². The molecule has 4 rings (SSSR count). The molecule has 5 unspecified atom stereocenters. The molecule has 226 valence electrons. The second-order valence-corrected chi connectivity index (χ2v) is 15.3. The van der Waals surface area contributed by atoms with Crippen LogP contribution in [0.15, 0.2) is 0 Å². The lowest BCUT2D eigenvalue weighted by molar-refractivity contribution is -0.134. The summed E-state index contributed by atoms with van der Waals surface area (Å²) >= 11 is 0. The number of nitrogens with zero attached hydrogens (tertiary/aromatic N) is 2. The fourth-order valence-electron chi connectivity index (χ4n) is 6.90. The Morgan fingerprint density at radius 3 is 1.64 bits per heavy atom. The quantitative estimate of drug-likeness (QED) is 0.475. The molecule has 2 amide bonds. The lowest BCUT2D eigenvalue weighted by Crippen LogP contribution is -2.49. The third kappa shape index (κ3) is 9.70. The first-order chi connectivity index (χ1) is 18.6. The minimum absolute atomic E-state index is 0.0516. The lowest BCUT2D eigenvalue weighted by atomic mass is 9.99. The molecule has 3 heterocycles. The van der Waals surface area contributed by atoms with Gasteiger partial charge in [-0.2, -0.15) is 0 Å². The SMILES string of the molecule is CNC1CCC(C)CN(CC2CCCCCC2)C1=O.CNC1CCC(C)CN(CC2CCCCS2(=O)=O)C1=O. The molecule has 39 heavy (non-hydrogen) atoms. The first kappa shape index (κ1) is 32.3. The first-order valence-corrected chi connectivity index (χ1v) is 17.5. The monoisotopic (exact) mass is 568 g/mol. The van der Waals surface area contributed by atoms with Gasteiger partial charge in [-0.15, -0.1) is 0 Å². The summed E-state index contributed by atoms with van der Waals surface area (Å²) in [4.78, 5) is 29.0. The summed E-state index contributed by atoms with van der Waals surface area (Å²) in [5.74, 6) is 2.52. The standard InChI is InChI=1S/C16H30N2O.C14H26N2O3S/c1-13-9-10-15(17-2)16(19)18(11-13)12-14-7-5-3-4-6-8-14;1-11-6-7-13(15-2)14(17)16(9-11)10-12-5-3-4-8-20(12,18)19/h13-15,17H,3-12H2,1-2H3;11-13,15H,3-10H2,1-2H3. The lowest BCUT2D eigenvalue weighted by Gasteiger charge is -2.31. The van der Waals surface area contributed by atoms with Crippen molar-refractivity contribution in [3.05, 3.63) is 0 Å². The summed E-state index contributed by atoms with van der Waals surface area (Å²) in [6.45, 7) is 7.45. The van der Waals surface area contributed by atoms with Gasteiger partial charge < -0.3 is 20.4 Å². The van der Waals surface area contributed by atoms with E-state index < -0.39 is 9.84 Å². The zero-order valence-corrected chi connectivity index (χ0v) is 25.9. The summed E-state index contributed by atoms with van der Waals surface area (Å²) in [7, 11) is 0.704. The third-order valence-electron chi connectivity index (χ3n) is 9.47. The van der Waals surface area contributed by atoms with Crippen molar-refractivity contribution in [2.75, 3.05) is 46.0 Å². The molecule has 3 saturated heterocycles. The van der Waals surface area contributed by atoms with Crippen LogP contribution in [0, 0.1) is 17.8 Å². The number of hydrogen-bond donors (Lipinski definition) is 2. The van der Waals surface area contributed by atoms with E-state index in [9.17, 15) is 18.0 Å². The van der Waals surface area contributed by atoms with Crippen molar-refractivity contribution in [1.82, 2.24) is 20.4 Å². The number of carbonyl (C=O) groups excluding carboxylic acids is 2. The Bertz CT molecular complexity index is 874. The van der Waals surface area contributed by atoms with Crippen molar-refractivity contribution < 1.29 is 18.0 Å². The number of rotatable bonds is 6. The minimum Gasteiger partial charge on any atom is -0.341 e.